The second-order valence-corrected chi connectivity index (χ2v) is 16.0. The Hall–Kier alpha value is -5.31. The lowest BCUT2D eigenvalue weighted by molar-refractivity contribution is 0.0509. The highest BCUT2D eigenvalue weighted by molar-refractivity contribution is 7.92. The van der Waals surface area contributed by atoms with Crippen LogP contribution in [0.1, 0.15) is 54.4 Å². The third kappa shape index (κ3) is 9.32. The highest BCUT2D eigenvalue weighted by atomic mass is 32.2. The Morgan fingerprint density at radius 1 is 1.02 bits per heavy atom. The van der Waals surface area contributed by atoms with Crippen LogP contribution in [0, 0.1) is 19.3 Å². The van der Waals surface area contributed by atoms with Crippen LogP contribution in [0.3, 0.4) is 0 Å². The van der Waals surface area contributed by atoms with Crippen molar-refractivity contribution >= 4 is 33.8 Å². The normalized spacial score (nSPS) is 15.7. The number of sulfonamides is 1. The maximum atomic E-state index is 14.5. The fourth-order valence-corrected chi connectivity index (χ4v) is 6.88. The summed E-state index contributed by atoms with van der Waals surface area (Å²) in [7, 11) is 0.812. The number of aromatic nitrogens is 4. The monoisotopic (exact) mass is 730 g/mol. The topological polar surface area (TPSA) is 160 Å². The van der Waals surface area contributed by atoms with Crippen molar-refractivity contribution in [3.8, 4) is 17.1 Å². The highest BCUT2D eigenvalue weighted by Crippen LogP contribution is 2.32. The zero-order valence-electron chi connectivity index (χ0n) is 30.9. The predicted molar refractivity (Wildman–Crippen MR) is 198 cm³/mol. The molecule has 276 valence electrons. The van der Waals surface area contributed by atoms with Crippen LogP contribution in [0.4, 0.5) is 16.6 Å². The van der Waals surface area contributed by atoms with Crippen molar-refractivity contribution < 1.29 is 27.5 Å². The van der Waals surface area contributed by atoms with Gasteiger partial charge in [0, 0.05) is 38.3 Å². The van der Waals surface area contributed by atoms with E-state index in [4.69, 9.17) is 14.5 Å². The van der Waals surface area contributed by atoms with Crippen LogP contribution in [0.25, 0.3) is 11.3 Å². The number of anilines is 2. The first-order valence-electron chi connectivity index (χ1n) is 16.9. The van der Waals surface area contributed by atoms with E-state index in [1.807, 2.05) is 32.0 Å². The van der Waals surface area contributed by atoms with Crippen LogP contribution >= 0.6 is 0 Å². The molecular weight excluding hydrogens is 685 g/mol. The Morgan fingerprint density at radius 2 is 1.73 bits per heavy atom. The quantitative estimate of drug-likeness (QED) is 0.250. The van der Waals surface area contributed by atoms with Crippen LogP contribution in [-0.2, 0) is 21.3 Å². The van der Waals surface area contributed by atoms with Crippen molar-refractivity contribution in [2.45, 2.75) is 58.5 Å². The van der Waals surface area contributed by atoms with Gasteiger partial charge in [-0.05, 0) is 55.0 Å². The smallest absolute Gasteiger partial charge is 0.409 e. The lowest BCUT2D eigenvalue weighted by Crippen LogP contribution is -2.45. The molecule has 0 saturated heterocycles. The number of benzene rings is 2. The zero-order valence-corrected chi connectivity index (χ0v) is 31.7. The van der Waals surface area contributed by atoms with Gasteiger partial charge in [0.1, 0.15) is 19.0 Å². The Kier molecular flexibility index (Phi) is 11.3. The molecular formula is C37H46N8O6S. The number of aryl methyl sites for hydroxylation is 2. The van der Waals surface area contributed by atoms with E-state index >= 15 is 0 Å². The fraction of sp³-hybridized carbons (Fsp3) is 0.405. The summed E-state index contributed by atoms with van der Waals surface area (Å²) in [5.41, 5.74) is 3.67. The average molecular weight is 731 g/mol. The summed E-state index contributed by atoms with van der Waals surface area (Å²) in [6.07, 6.45) is 3.26. The SMILES string of the molecule is Cc1cccc(C)c1-c1cc2nc(n1)NS(=O)(=O)c1cccc(c1)C(=O)N(Cc1cncc(N(C)CCOC(=O)N(C)C)n1)[C@H](CC(C)(C)C)CO2. The minimum Gasteiger partial charge on any atom is -0.475 e. The Balaban J connectivity index is 1.56. The largest absolute Gasteiger partial charge is 0.475 e. The molecule has 1 aliphatic heterocycles. The van der Waals surface area contributed by atoms with Crippen molar-refractivity contribution in [3.05, 3.63) is 83.3 Å². The number of carbonyl (C=O) groups excluding carboxylic acids is 2. The number of nitrogens with one attached hydrogen (secondary N) is 1. The van der Waals surface area contributed by atoms with E-state index in [0.29, 0.717) is 30.2 Å². The zero-order chi connectivity index (χ0) is 37.8. The molecule has 0 aliphatic carbocycles. The molecule has 4 bridgehead atoms. The molecule has 0 spiro atoms. The molecule has 0 saturated carbocycles. The van der Waals surface area contributed by atoms with Crippen LogP contribution in [0.15, 0.2) is 65.8 Å². The lowest BCUT2D eigenvalue weighted by Gasteiger charge is -2.35. The molecule has 1 aliphatic rings. The summed E-state index contributed by atoms with van der Waals surface area (Å²) >= 11 is 0. The van der Waals surface area contributed by atoms with Gasteiger partial charge in [0.2, 0.25) is 11.8 Å². The van der Waals surface area contributed by atoms with E-state index in [2.05, 4.69) is 40.4 Å². The van der Waals surface area contributed by atoms with Gasteiger partial charge in [0.25, 0.3) is 15.9 Å². The van der Waals surface area contributed by atoms with Crippen molar-refractivity contribution in [1.29, 1.82) is 0 Å². The van der Waals surface area contributed by atoms with Gasteiger partial charge in [-0.1, -0.05) is 45.0 Å². The summed E-state index contributed by atoms with van der Waals surface area (Å²) in [4.78, 5) is 49.4. The van der Waals surface area contributed by atoms with Gasteiger partial charge in [-0.3, -0.25) is 9.78 Å². The summed E-state index contributed by atoms with van der Waals surface area (Å²) in [6, 6.07) is 12.9. The van der Waals surface area contributed by atoms with E-state index in [-0.39, 0.29) is 47.5 Å². The third-order valence-electron chi connectivity index (χ3n) is 8.44. The Bertz CT molecular complexity index is 2030. The number of carbonyl (C=O) groups is 2. The van der Waals surface area contributed by atoms with Gasteiger partial charge in [-0.2, -0.15) is 4.98 Å². The molecule has 3 heterocycles. The molecule has 0 unspecified atom stereocenters. The van der Waals surface area contributed by atoms with E-state index in [1.165, 1.54) is 23.1 Å². The van der Waals surface area contributed by atoms with Crippen LogP contribution in [0.5, 0.6) is 5.88 Å². The number of nitrogens with zero attached hydrogens (tertiary/aromatic N) is 7. The first kappa shape index (κ1) is 37.9. The molecule has 2 aromatic carbocycles. The second kappa shape index (κ2) is 15.5. The maximum absolute atomic E-state index is 14.5. The molecule has 52 heavy (non-hydrogen) atoms. The molecule has 0 radical (unpaired) electrons. The van der Waals surface area contributed by atoms with Crippen molar-refractivity contribution in [2.24, 2.45) is 5.41 Å². The third-order valence-corrected chi connectivity index (χ3v) is 9.77. The number of hydrogen-bond acceptors (Lipinski definition) is 11. The van der Waals surface area contributed by atoms with E-state index in [9.17, 15) is 18.0 Å². The summed E-state index contributed by atoms with van der Waals surface area (Å²) in [5.74, 6) is 0.121. The number of hydrogen-bond donors (Lipinski definition) is 1. The first-order valence-corrected chi connectivity index (χ1v) is 18.4. The minimum atomic E-state index is -4.22. The molecule has 1 N–H and O–H groups in total. The molecule has 5 rings (SSSR count). The van der Waals surface area contributed by atoms with E-state index in [1.54, 1.807) is 55.5 Å². The molecule has 4 aromatic rings. The molecule has 15 heteroatoms. The molecule has 0 fully saturated rings. The Morgan fingerprint density at radius 3 is 2.42 bits per heavy atom. The standard InChI is InChI=1S/C37H46N8O6S/c1-24-11-9-12-25(2)33(24)30-18-32-41-35(40-30)42-52(48,49)29-14-10-13-26(17-29)34(46)45(28(23-51-32)19-37(3,4)5)22-27-20-38-21-31(39-27)44(8)15-16-50-36(47)43(6)7/h9-14,17-18,20-21,28H,15-16,19,22-23H2,1-8H3,(H,40,41,42)/t28-/m1/s1. The van der Waals surface area contributed by atoms with Crippen molar-refractivity contribution in [1.82, 2.24) is 29.7 Å². The van der Waals surface area contributed by atoms with Crippen molar-refractivity contribution in [2.75, 3.05) is 50.5 Å². The van der Waals surface area contributed by atoms with Gasteiger partial charge in [0.15, 0.2) is 0 Å². The van der Waals surface area contributed by atoms with Gasteiger partial charge in [0.05, 0.1) is 47.8 Å². The van der Waals surface area contributed by atoms with E-state index in [0.717, 1.165) is 16.7 Å². The Labute approximate surface area is 305 Å². The molecule has 1 atom stereocenters. The summed E-state index contributed by atoms with van der Waals surface area (Å²) < 4.78 is 41.6. The van der Waals surface area contributed by atoms with Crippen LogP contribution in [0.2, 0.25) is 0 Å². The number of fused-ring (bicyclic) bond motifs is 4. The fourth-order valence-electron chi connectivity index (χ4n) is 5.89. The van der Waals surface area contributed by atoms with Gasteiger partial charge < -0.3 is 24.2 Å². The number of amides is 2. The summed E-state index contributed by atoms with van der Waals surface area (Å²) in [6.45, 7) is 10.7. The van der Waals surface area contributed by atoms with Crippen molar-refractivity contribution in [3.63, 3.8) is 0 Å². The number of rotatable bonds is 8. The molecule has 2 amide bonds. The molecule has 2 aromatic heterocycles. The first-order chi connectivity index (χ1) is 24.5. The van der Waals surface area contributed by atoms with Gasteiger partial charge in [-0.25, -0.2) is 27.9 Å². The summed E-state index contributed by atoms with van der Waals surface area (Å²) in [5, 5.41) is 0. The maximum Gasteiger partial charge on any atom is 0.409 e. The minimum absolute atomic E-state index is 0.0440. The highest BCUT2D eigenvalue weighted by Gasteiger charge is 2.32. The number of ether oxygens (including phenoxy) is 2. The second-order valence-electron chi connectivity index (χ2n) is 14.3. The van der Waals surface area contributed by atoms with E-state index < -0.39 is 28.1 Å². The van der Waals surface area contributed by atoms with Crippen LogP contribution in [-0.4, -0.2) is 97.1 Å². The lowest BCUT2D eigenvalue weighted by atomic mass is 9.87. The average Bonchev–Trinajstić information content (AvgIpc) is 3.08. The molecule has 14 nitrogen and oxygen atoms in total. The number of likely N-dealkylation sites (N-methyl/N-ethyl adjacent to an activating group) is 1. The van der Waals surface area contributed by atoms with Gasteiger partial charge >= 0.3 is 6.09 Å². The van der Waals surface area contributed by atoms with Gasteiger partial charge in [-0.15, -0.1) is 0 Å². The predicted octanol–water partition coefficient (Wildman–Crippen LogP) is 5.33. The van der Waals surface area contributed by atoms with Crippen LogP contribution < -0.4 is 14.4 Å².